The summed E-state index contributed by atoms with van der Waals surface area (Å²) in [6.07, 6.45) is 13.8. The van der Waals surface area contributed by atoms with Crippen LogP contribution in [0.4, 0.5) is 0 Å². The monoisotopic (exact) mass is 165 g/mol. The highest BCUT2D eigenvalue weighted by atomic mass is 14.8. The molecule has 0 heterocycles. The van der Waals surface area contributed by atoms with Gasteiger partial charge in [0.05, 0.1) is 0 Å². The molecule has 0 saturated heterocycles. The molecule has 1 heteroatoms. The summed E-state index contributed by atoms with van der Waals surface area (Å²) in [5, 5.41) is 3.08. The fourth-order valence-electron chi connectivity index (χ4n) is 0.877. The predicted octanol–water partition coefficient (Wildman–Crippen LogP) is 3.02. The van der Waals surface area contributed by atoms with Gasteiger partial charge in [-0.25, -0.2) is 0 Å². The van der Waals surface area contributed by atoms with Gasteiger partial charge in [-0.3, -0.25) is 0 Å². The zero-order valence-electron chi connectivity index (χ0n) is 7.92. The van der Waals surface area contributed by atoms with Crippen LogP contribution in [-0.2, 0) is 0 Å². The smallest absolute Gasteiger partial charge is 0.0141 e. The third kappa shape index (κ3) is 9.02. The molecule has 68 valence electrons. The highest BCUT2D eigenvalue weighted by molar-refractivity contribution is 5.00. The van der Waals surface area contributed by atoms with Gasteiger partial charge in [0.25, 0.3) is 0 Å². The normalized spacial score (nSPS) is 11.1. The summed E-state index contributed by atoms with van der Waals surface area (Å²) in [6, 6.07) is 0. The molecular formula is C11H19N. The number of unbranched alkanes of at least 4 members (excludes halogenated alkanes) is 2. The van der Waals surface area contributed by atoms with Gasteiger partial charge in [-0.15, -0.1) is 0 Å². The van der Waals surface area contributed by atoms with Crippen molar-refractivity contribution in [2.24, 2.45) is 0 Å². The average molecular weight is 165 g/mol. The van der Waals surface area contributed by atoms with E-state index in [9.17, 15) is 0 Å². The molecule has 12 heavy (non-hydrogen) atoms. The van der Waals surface area contributed by atoms with Gasteiger partial charge in [0.2, 0.25) is 0 Å². The summed E-state index contributed by atoms with van der Waals surface area (Å²) >= 11 is 0. The van der Waals surface area contributed by atoms with Crippen LogP contribution in [-0.4, -0.2) is 6.54 Å². The van der Waals surface area contributed by atoms with E-state index in [0.717, 1.165) is 6.54 Å². The molecule has 0 aliphatic rings. The molecule has 0 saturated carbocycles. The van der Waals surface area contributed by atoms with Crippen molar-refractivity contribution in [2.45, 2.75) is 26.2 Å². The zero-order valence-corrected chi connectivity index (χ0v) is 7.92. The molecule has 0 amide bonds. The largest absolute Gasteiger partial charge is 0.391 e. The second kappa shape index (κ2) is 10.0. The average Bonchev–Trinajstić information content (AvgIpc) is 2.10. The Bertz CT molecular complexity index is 145. The molecule has 0 atom stereocenters. The first kappa shape index (κ1) is 11.0. The van der Waals surface area contributed by atoms with E-state index >= 15 is 0 Å². The lowest BCUT2D eigenvalue weighted by molar-refractivity contribution is 0.705. The van der Waals surface area contributed by atoms with Crippen LogP contribution < -0.4 is 5.32 Å². The van der Waals surface area contributed by atoms with Crippen molar-refractivity contribution >= 4 is 0 Å². The molecule has 0 unspecified atom stereocenters. The van der Waals surface area contributed by atoms with E-state index in [0.29, 0.717) is 0 Å². The Morgan fingerprint density at radius 3 is 2.75 bits per heavy atom. The number of allylic oxidation sites excluding steroid dienone is 4. The predicted molar refractivity (Wildman–Crippen MR) is 56.0 cm³/mol. The molecule has 0 aromatic heterocycles. The molecule has 0 aromatic carbocycles. The first-order valence-electron chi connectivity index (χ1n) is 4.54. The summed E-state index contributed by atoms with van der Waals surface area (Å²) in [7, 11) is 0. The lowest BCUT2D eigenvalue weighted by atomic mass is 10.2. The van der Waals surface area contributed by atoms with Gasteiger partial charge < -0.3 is 5.32 Å². The van der Waals surface area contributed by atoms with Crippen molar-refractivity contribution in [3.05, 3.63) is 37.1 Å². The minimum Gasteiger partial charge on any atom is -0.391 e. The van der Waals surface area contributed by atoms with E-state index < -0.39 is 0 Å². The van der Waals surface area contributed by atoms with Crippen molar-refractivity contribution in [2.75, 3.05) is 6.54 Å². The third-order valence-corrected chi connectivity index (χ3v) is 1.53. The van der Waals surface area contributed by atoms with Gasteiger partial charge in [0.15, 0.2) is 0 Å². The minimum atomic E-state index is 1.04. The standard InChI is InChI=1S/C11H19N/c1-3-5-6-7-8-9-10-11-12-4-2/h3-7,12H,2,8-11H2,1H3/b5-3+,7-6+. The van der Waals surface area contributed by atoms with Crippen molar-refractivity contribution in [3.8, 4) is 0 Å². The second-order valence-corrected chi connectivity index (χ2v) is 2.61. The van der Waals surface area contributed by atoms with Crippen LogP contribution in [0.15, 0.2) is 37.1 Å². The van der Waals surface area contributed by atoms with Gasteiger partial charge >= 0.3 is 0 Å². The Kier molecular flexibility index (Phi) is 9.20. The van der Waals surface area contributed by atoms with Crippen LogP contribution in [0, 0.1) is 0 Å². The van der Waals surface area contributed by atoms with Gasteiger partial charge in [-0.05, 0) is 32.4 Å². The Morgan fingerprint density at radius 2 is 2.08 bits per heavy atom. The molecule has 1 N–H and O–H groups in total. The fourth-order valence-corrected chi connectivity index (χ4v) is 0.877. The Labute approximate surface area is 75.9 Å². The molecule has 0 rings (SSSR count). The van der Waals surface area contributed by atoms with E-state index in [1.807, 2.05) is 13.0 Å². The van der Waals surface area contributed by atoms with Gasteiger partial charge in [0.1, 0.15) is 0 Å². The third-order valence-electron chi connectivity index (χ3n) is 1.53. The molecular weight excluding hydrogens is 146 g/mol. The number of hydrogen-bond donors (Lipinski definition) is 1. The minimum absolute atomic E-state index is 1.04. The van der Waals surface area contributed by atoms with Gasteiger partial charge in [0, 0.05) is 6.54 Å². The summed E-state index contributed by atoms with van der Waals surface area (Å²) in [5.74, 6) is 0. The van der Waals surface area contributed by atoms with Crippen molar-refractivity contribution in [3.63, 3.8) is 0 Å². The first-order valence-corrected chi connectivity index (χ1v) is 4.54. The van der Waals surface area contributed by atoms with Gasteiger partial charge in [-0.1, -0.05) is 30.9 Å². The number of hydrogen-bond acceptors (Lipinski definition) is 1. The van der Waals surface area contributed by atoms with E-state index in [1.165, 1.54) is 19.3 Å². The van der Waals surface area contributed by atoms with Crippen LogP contribution in [0.2, 0.25) is 0 Å². The molecule has 1 nitrogen and oxygen atoms in total. The van der Waals surface area contributed by atoms with E-state index in [1.54, 1.807) is 6.20 Å². The zero-order chi connectivity index (χ0) is 9.07. The summed E-state index contributed by atoms with van der Waals surface area (Å²) in [6.45, 7) is 6.65. The maximum Gasteiger partial charge on any atom is 0.0141 e. The molecule has 0 radical (unpaired) electrons. The van der Waals surface area contributed by atoms with Crippen LogP contribution in [0.5, 0.6) is 0 Å². The van der Waals surface area contributed by atoms with Crippen LogP contribution in [0.25, 0.3) is 0 Å². The highest BCUT2D eigenvalue weighted by Gasteiger charge is 1.82. The van der Waals surface area contributed by atoms with E-state index in [-0.39, 0.29) is 0 Å². The SMILES string of the molecule is C=CNCCCC/C=C/C=C/C. The van der Waals surface area contributed by atoms with Crippen molar-refractivity contribution in [1.29, 1.82) is 0 Å². The lowest BCUT2D eigenvalue weighted by Crippen LogP contribution is -2.05. The summed E-state index contributed by atoms with van der Waals surface area (Å²) in [4.78, 5) is 0. The van der Waals surface area contributed by atoms with Crippen LogP contribution in [0.1, 0.15) is 26.2 Å². The van der Waals surface area contributed by atoms with Crippen molar-refractivity contribution < 1.29 is 0 Å². The Balaban J connectivity index is 3.04. The summed E-state index contributed by atoms with van der Waals surface area (Å²) in [5.41, 5.74) is 0. The maximum atomic E-state index is 3.58. The second-order valence-electron chi connectivity index (χ2n) is 2.61. The van der Waals surface area contributed by atoms with Crippen molar-refractivity contribution in [1.82, 2.24) is 5.32 Å². The van der Waals surface area contributed by atoms with E-state index in [4.69, 9.17) is 0 Å². The van der Waals surface area contributed by atoms with Gasteiger partial charge in [-0.2, -0.15) is 0 Å². The fraction of sp³-hybridized carbons (Fsp3) is 0.455. The number of rotatable bonds is 7. The number of nitrogens with one attached hydrogen (secondary N) is 1. The molecule has 0 bridgehead atoms. The quantitative estimate of drug-likeness (QED) is 0.451. The highest BCUT2D eigenvalue weighted by Crippen LogP contribution is 1.95. The molecule has 0 spiro atoms. The maximum absolute atomic E-state index is 3.58. The Morgan fingerprint density at radius 1 is 1.25 bits per heavy atom. The van der Waals surface area contributed by atoms with Crippen LogP contribution >= 0.6 is 0 Å². The van der Waals surface area contributed by atoms with E-state index in [2.05, 4.69) is 30.1 Å². The molecule has 0 aliphatic heterocycles. The lowest BCUT2D eigenvalue weighted by Gasteiger charge is -1.97. The topological polar surface area (TPSA) is 12.0 Å². The molecule has 0 aliphatic carbocycles. The van der Waals surface area contributed by atoms with Crippen LogP contribution in [0.3, 0.4) is 0 Å². The molecule has 0 aromatic rings. The first-order chi connectivity index (χ1) is 5.91. The molecule has 0 fully saturated rings. The summed E-state index contributed by atoms with van der Waals surface area (Å²) < 4.78 is 0. The Hall–Kier alpha value is -0.980.